The van der Waals surface area contributed by atoms with E-state index >= 15 is 0 Å². The second-order valence-electron chi connectivity index (χ2n) is 6.72. The average molecular weight is 420 g/mol. The number of urea groups is 1. The SMILES string of the molecule is Cc1ccc(NC(=O)Nc2ccccc2)cc1NC(=O)c1cc2cc(Cl)ccc2o1. The number of rotatable bonds is 4. The first-order valence-electron chi connectivity index (χ1n) is 9.22. The maximum atomic E-state index is 12.7. The van der Waals surface area contributed by atoms with E-state index in [1.54, 1.807) is 48.5 Å². The molecule has 0 aliphatic carbocycles. The van der Waals surface area contributed by atoms with Gasteiger partial charge in [-0.15, -0.1) is 0 Å². The van der Waals surface area contributed by atoms with Gasteiger partial charge in [0.05, 0.1) is 0 Å². The molecule has 6 nitrogen and oxygen atoms in total. The van der Waals surface area contributed by atoms with Crippen molar-refractivity contribution in [2.75, 3.05) is 16.0 Å². The van der Waals surface area contributed by atoms with E-state index in [-0.39, 0.29) is 11.8 Å². The fourth-order valence-corrected chi connectivity index (χ4v) is 3.14. The Morgan fingerprint density at radius 3 is 2.40 bits per heavy atom. The van der Waals surface area contributed by atoms with Gasteiger partial charge in [-0.05, 0) is 61.0 Å². The third-order valence-corrected chi connectivity index (χ3v) is 4.71. The Hall–Kier alpha value is -3.77. The Balaban J connectivity index is 1.48. The molecule has 0 spiro atoms. The van der Waals surface area contributed by atoms with E-state index < -0.39 is 5.91 Å². The number of amides is 3. The Morgan fingerprint density at radius 1 is 0.833 bits per heavy atom. The summed E-state index contributed by atoms with van der Waals surface area (Å²) < 4.78 is 5.61. The van der Waals surface area contributed by atoms with Crippen molar-refractivity contribution in [3.05, 3.63) is 89.1 Å². The molecule has 7 heteroatoms. The van der Waals surface area contributed by atoms with Crippen LogP contribution in [0.25, 0.3) is 11.0 Å². The summed E-state index contributed by atoms with van der Waals surface area (Å²) >= 11 is 5.99. The highest BCUT2D eigenvalue weighted by Gasteiger charge is 2.14. The molecule has 0 aliphatic rings. The van der Waals surface area contributed by atoms with Gasteiger partial charge in [0.15, 0.2) is 5.76 Å². The van der Waals surface area contributed by atoms with Crippen molar-refractivity contribution < 1.29 is 14.0 Å². The Bertz CT molecular complexity index is 1240. The highest BCUT2D eigenvalue weighted by Crippen LogP contribution is 2.25. The van der Waals surface area contributed by atoms with Crippen molar-refractivity contribution in [2.24, 2.45) is 0 Å². The molecule has 3 N–H and O–H groups in total. The van der Waals surface area contributed by atoms with Crippen LogP contribution in [0.1, 0.15) is 16.1 Å². The van der Waals surface area contributed by atoms with Gasteiger partial charge in [-0.2, -0.15) is 0 Å². The average Bonchev–Trinajstić information content (AvgIpc) is 3.14. The Labute approximate surface area is 177 Å². The van der Waals surface area contributed by atoms with Crippen molar-refractivity contribution in [2.45, 2.75) is 6.92 Å². The Kier molecular flexibility index (Phi) is 5.41. The topological polar surface area (TPSA) is 83.4 Å². The molecule has 3 amide bonds. The smallest absolute Gasteiger partial charge is 0.323 e. The van der Waals surface area contributed by atoms with Gasteiger partial charge in [0, 0.05) is 27.5 Å². The van der Waals surface area contributed by atoms with E-state index in [0.29, 0.717) is 27.7 Å². The predicted octanol–water partition coefficient (Wildman–Crippen LogP) is 6.29. The molecule has 1 heterocycles. The van der Waals surface area contributed by atoms with E-state index in [9.17, 15) is 9.59 Å². The van der Waals surface area contributed by atoms with Gasteiger partial charge in [-0.3, -0.25) is 4.79 Å². The molecule has 0 unspecified atom stereocenters. The van der Waals surface area contributed by atoms with Crippen LogP contribution in [0.2, 0.25) is 5.02 Å². The summed E-state index contributed by atoms with van der Waals surface area (Å²) in [6.07, 6.45) is 0. The molecule has 3 aromatic carbocycles. The van der Waals surface area contributed by atoms with Crippen LogP contribution in [-0.4, -0.2) is 11.9 Å². The molecule has 4 aromatic rings. The molecule has 150 valence electrons. The maximum Gasteiger partial charge on any atom is 0.323 e. The standard InChI is InChI=1S/C23H18ClN3O3/c1-14-7-9-18(26-23(29)25-17-5-3-2-4-6-17)13-19(14)27-22(28)21-12-15-11-16(24)8-10-20(15)30-21/h2-13H,1H3,(H,27,28)(H2,25,26,29). The number of furan rings is 1. The number of carbonyl (C=O) groups excluding carboxylic acids is 2. The lowest BCUT2D eigenvalue weighted by atomic mass is 10.1. The fraction of sp³-hybridized carbons (Fsp3) is 0.0435. The lowest BCUT2D eigenvalue weighted by Crippen LogP contribution is -2.19. The normalized spacial score (nSPS) is 10.6. The second kappa shape index (κ2) is 8.31. The quantitative estimate of drug-likeness (QED) is 0.363. The van der Waals surface area contributed by atoms with Crippen LogP contribution >= 0.6 is 11.6 Å². The van der Waals surface area contributed by atoms with Crippen LogP contribution in [0, 0.1) is 6.92 Å². The predicted molar refractivity (Wildman–Crippen MR) is 119 cm³/mol. The van der Waals surface area contributed by atoms with Gasteiger partial charge >= 0.3 is 6.03 Å². The van der Waals surface area contributed by atoms with E-state index in [0.717, 1.165) is 10.9 Å². The zero-order valence-corrected chi connectivity index (χ0v) is 16.8. The van der Waals surface area contributed by atoms with Gasteiger partial charge in [-0.25, -0.2) is 4.79 Å². The van der Waals surface area contributed by atoms with Gasteiger partial charge in [0.25, 0.3) is 5.91 Å². The number of nitrogens with one attached hydrogen (secondary N) is 3. The largest absolute Gasteiger partial charge is 0.451 e. The molecule has 0 aliphatic heterocycles. The van der Waals surface area contributed by atoms with Crippen LogP contribution in [0.3, 0.4) is 0 Å². The van der Waals surface area contributed by atoms with Gasteiger partial charge < -0.3 is 20.4 Å². The molecule has 1 aromatic heterocycles. The Morgan fingerprint density at radius 2 is 1.60 bits per heavy atom. The maximum absolute atomic E-state index is 12.7. The number of aryl methyl sites for hydroxylation is 1. The highest BCUT2D eigenvalue weighted by molar-refractivity contribution is 6.31. The summed E-state index contributed by atoms with van der Waals surface area (Å²) in [7, 11) is 0. The zero-order valence-electron chi connectivity index (χ0n) is 16.0. The van der Waals surface area contributed by atoms with Crippen LogP contribution in [0.5, 0.6) is 0 Å². The van der Waals surface area contributed by atoms with Crippen LogP contribution in [0.15, 0.2) is 77.2 Å². The van der Waals surface area contributed by atoms with Gasteiger partial charge in [-0.1, -0.05) is 35.9 Å². The molecular weight excluding hydrogens is 402 g/mol. The summed E-state index contributed by atoms with van der Waals surface area (Å²) in [5.74, 6) is -0.219. The first-order chi connectivity index (χ1) is 14.5. The highest BCUT2D eigenvalue weighted by atomic mass is 35.5. The second-order valence-corrected chi connectivity index (χ2v) is 7.16. The van der Waals surface area contributed by atoms with E-state index in [2.05, 4.69) is 16.0 Å². The summed E-state index contributed by atoms with van der Waals surface area (Å²) in [4.78, 5) is 24.9. The van der Waals surface area contributed by atoms with Crippen molar-refractivity contribution in [3.8, 4) is 0 Å². The monoisotopic (exact) mass is 419 g/mol. The number of hydrogen-bond acceptors (Lipinski definition) is 3. The molecule has 0 saturated carbocycles. The molecule has 0 saturated heterocycles. The summed E-state index contributed by atoms with van der Waals surface area (Å²) in [5.41, 5.74) is 3.21. The number of halogens is 1. The zero-order chi connectivity index (χ0) is 21.1. The number of carbonyl (C=O) groups is 2. The van der Waals surface area contributed by atoms with E-state index in [1.807, 2.05) is 31.2 Å². The number of anilines is 3. The molecule has 0 atom stereocenters. The van der Waals surface area contributed by atoms with Crippen LogP contribution < -0.4 is 16.0 Å². The van der Waals surface area contributed by atoms with Gasteiger partial charge in [0.2, 0.25) is 0 Å². The third kappa shape index (κ3) is 4.45. The molecule has 0 radical (unpaired) electrons. The van der Waals surface area contributed by atoms with Crippen molar-refractivity contribution in [3.63, 3.8) is 0 Å². The van der Waals surface area contributed by atoms with Crippen LogP contribution in [0.4, 0.5) is 21.9 Å². The number of hydrogen-bond donors (Lipinski definition) is 3. The van der Waals surface area contributed by atoms with Crippen molar-refractivity contribution >= 4 is 51.6 Å². The fourth-order valence-electron chi connectivity index (χ4n) is 2.96. The molecular formula is C23H18ClN3O3. The lowest BCUT2D eigenvalue weighted by molar-refractivity contribution is 0.0998. The first-order valence-corrected chi connectivity index (χ1v) is 9.60. The minimum atomic E-state index is -0.392. The molecule has 30 heavy (non-hydrogen) atoms. The number of fused-ring (bicyclic) bond motifs is 1. The number of para-hydroxylation sites is 1. The number of benzene rings is 3. The summed E-state index contributed by atoms with van der Waals surface area (Å²) in [5, 5.41) is 9.65. The van der Waals surface area contributed by atoms with E-state index in [1.165, 1.54) is 0 Å². The minimum absolute atomic E-state index is 0.173. The third-order valence-electron chi connectivity index (χ3n) is 4.48. The van der Waals surface area contributed by atoms with Crippen LogP contribution in [-0.2, 0) is 0 Å². The van der Waals surface area contributed by atoms with Gasteiger partial charge in [0.1, 0.15) is 5.58 Å². The first kappa shape index (κ1) is 19.5. The summed E-state index contributed by atoms with van der Waals surface area (Å²) in [6, 6.07) is 20.8. The summed E-state index contributed by atoms with van der Waals surface area (Å²) in [6.45, 7) is 1.86. The van der Waals surface area contributed by atoms with Crippen molar-refractivity contribution in [1.82, 2.24) is 0 Å². The van der Waals surface area contributed by atoms with E-state index in [4.69, 9.17) is 16.0 Å². The van der Waals surface area contributed by atoms with Crippen molar-refractivity contribution in [1.29, 1.82) is 0 Å². The molecule has 0 bridgehead atoms. The minimum Gasteiger partial charge on any atom is -0.451 e. The lowest BCUT2D eigenvalue weighted by Gasteiger charge is -2.11. The molecule has 4 rings (SSSR count). The molecule has 0 fully saturated rings.